The first-order valence-electron chi connectivity index (χ1n) is 11.0. The van der Waals surface area contributed by atoms with Gasteiger partial charge in [0, 0.05) is 54.1 Å². The molecule has 0 fully saturated rings. The number of hydrogen-bond acceptors (Lipinski definition) is 6. The molecule has 0 spiro atoms. The minimum atomic E-state index is -0.414. The summed E-state index contributed by atoms with van der Waals surface area (Å²) in [6, 6.07) is 9.12. The lowest BCUT2D eigenvalue weighted by atomic mass is 10.0. The van der Waals surface area contributed by atoms with Gasteiger partial charge in [-0.15, -0.1) is 0 Å². The SMILES string of the molecule is CCCN(CCC)c1ccc(C(=N)c2cc(O[C@H](C)c3c(Cl)cncc3Cl)ccc2N)cn1. The molecule has 0 aliphatic rings. The summed E-state index contributed by atoms with van der Waals surface area (Å²) in [4.78, 5) is 10.8. The molecule has 0 bridgehead atoms. The van der Waals surface area contributed by atoms with Crippen molar-refractivity contribution >= 4 is 40.4 Å². The van der Waals surface area contributed by atoms with Gasteiger partial charge < -0.3 is 15.4 Å². The number of rotatable bonds is 10. The topological polar surface area (TPSA) is 88.1 Å². The highest BCUT2D eigenvalue weighted by Gasteiger charge is 2.18. The van der Waals surface area contributed by atoms with Gasteiger partial charge in [0.05, 0.1) is 15.8 Å². The molecule has 0 radical (unpaired) electrons. The predicted octanol–water partition coefficient (Wildman–Crippen LogP) is 6.55. The van der Waals surface area contributed by atoms with Crippen molar-refractivity contribution in [2.24, 2.45) is 0 Å². The van der Waals surface area contributed by atoms with Gasteiger partial charge in [0.25, 0.3) is 0 Å². The first-order valence-corrected chi connectivity index (χ1v) is 11.8. The monoisotopic (exact) mass is 485 g/mol. The number of halogens is 2. The van der Waals surface area contributed by atoms with Crippen molar-refractivity contribution in [2.75, 3.05) is 23.7 Å². The van der Waals surface area contributed by atoms with Gasteiger partial charge in [0.15, 0.2) is 0 Å². The molecule has 0 unspecified atom stereocenters. The van der Waals surface area contributed by atoms with Crippen LogP contribution in [0, 0.1) is 5.41 Å². The van der Waals surface area contributed by atoms with Crippen molar-refractivity contribution in [1.29, 1.82) is 5.41 Å². The molecule has 0 aliphatic carbocycles. The summed E-state index contributed by atoms with van der Waals surface area (Å²) in [6.07, 6.45) is 6.48. The number of nitrogens with zero attached hydrogens (tertiary/aromatic N) is 3. The quantitative estimate of drug-likeness (QED) is 0.251. The maximum atomic E-state index is 8.72. The second-order valence-electron chi connectivity index (χ2n) is 7.79. The van der Waals surface area contributed by atoms with Crippen LogP contribution in [0.4, 0.5) is 11.5 Å². The Morgan fingerprint density at radius 2 is 1.73 bits per heavy atom. The van der Waals surface area contributed by atoms with E-state index in [9.17, 15) is 0 Å². The zero-order valence-electron chi connectivity index (χ0n) is 19.1. The second-order valence-corrected chi connectivity index (χ2v) is 8.61. The second kappa shape index (κ2) is 11.3. The highest BCUT2D eigenvalue weighted by Crippen LogP contribution is 2.33. The Morgan fingerprint density at radius 3 is 2.30 bits per heavy atom. The zero-order valence-corrected chi connectivity index (χ0v) is 20.6. The van der Waals surface area contributed by atoms with Gasteiger partial charge in [-0.1, -0.05) is 37.0 Å². The molecule has 33 heavy (non-hydrogen) atoms. The van der Waals surface area contributed by atoms with E-state index < -0.39 is 6.10 Å². The average Bonchev–Trinajstić information content (AvgIpc) is 2.80. The molecule has 8 heteroatoms. The van der Waals surface area contributed by atoms with E-state index in [1.165, 1.54) is 12.4 Å². The Balaban J connectivity index is 1.82. The van der Waals surface area contributed by atoms with E-state index in [1.807, 2.05) is 19.1 Å². The summed E-state index contributed by atoms with van der Waals surface area (Å²) < 4.78 is 6.08. The molecule has 0 saturated carbocycles. The number of nitrogens with one attached hydrogen (secondary N) is 1. The lowest BCUT2D eigenvalue weighted by molar-refractivity contribution is 0.227. The molecule has 3 rings (SSSR count). The molecule has 0 aliphatic heterocycles. The maximum Gasteiger partial charge on any atom is 0.128 e. The third kappa shape index (κ3) is 5.95. The molecule has 6 nitrogen and oxygen atoms in total. The van der Waals surface area contributed by atoms with Crippen LogP contribution in [0.3, 0.4) is 0 Å². The van der Waals surface area contributed by atoms with Gasteiger partial charge in [0.1, 0.15) is 17.7 Å². The Labute approximate surface area is 205 Å². The van der Waals surface area contributed by atoms with E-state index in [0.29, 0.717) is 38.2 Å². The highest BCUT2D eigenvalue weighted by molar-refractivity contribution is 6.35. The van der Waals surface area contributed by atoms with Gasteiger partial charge in [-0.25, -0.2) is 4.98 Å². The Morgan fingerprint density at radius 1 is 1.06 bits per heavy atom. The van der Waals surface area contributed by atoms with Crippen molar-refractivity contribution in [3.63, 3.8) is 0 Å². The molecule has 0 saturated heterocycles. The van der Waals surface area contributed by atoms with E-state index in [2.05, 4.69) is 28.7 Å². The summed E-state index contributed by atoms with van der Waals surface area (Å²) in [5.41, 5.74) is 8.88. The molecule has 1 atom stereocenters. The molecule has 3 aromatic rings. The molecule has 2 aromatic heterocycles. The van der Waals surface area contributed by atoms with Crippen LogP contribution in [-0.2, 0) is 0 Å². The molecule has 174 valence electrons. The number of benzene rings is 1. The van der Waals surface area contributed by atoms with E-state index in [-0.39, 0.29) is 5.71 Å². The largest absolute Gasteiger partial charge is 0.486 e. The van der Waals surface area contributed by atoms with Crippen LogP contribution >= 0.6 is 23.2 Å². The van der Waals surface area contributed by atoms with Crippen LogP contribution in [0.1, 0.15) is 56.4 Å². The lowest BCUT2D eigenvalue weighted by Gasteiger charge is -2.22. The summed E-state index contributed by atoms with van der Waals surface area (Å²) in [5.74, 6) is 1.47. The van der Waals surface area contributed by atoms with E-state index >= 15 is 0 Å². The minimum Gasteiger partial charge on any atom is -0.486 e. The Hall–Kier alpha value is -2.83. The minimum absolute atomic E-state index is 0.280. The van der Waals surface area contributed by atoms with Gasteiger partial charge in [-0.05, 0) is 50.1 Å². The fraction of sp³-hybridized carbons (Fsp3) is 0.320. The van der Waals surface area contributed by atoms with E-state index in [0.717, 1.165) is 31.7 Å². The molecule has 2 heterocycles. The summed E-state index contributed by atoms with van der Waals surface area (Å²) in [6.45, 7) is 8.07. The molecular weight excluding hydrogens is 457 g/mol. The Bertz CT molecular complexity index is 1080. The molecule has 1 aromatic carbocycles. The average molecular weight is 486 g/mol. The normalized spacial score (nSPS) is 11.8. The lowest BCUT2D eigenvalue weighted by Crippen LogP contribution is -2.25. The van der Waals surface area contributed by atoms with Gasteiger partial charge >= 0.3 is 0 Å². The predicted molar refractivity (Wildman–Crippen MR) is 137 cm³/mol. The van der Waals surface area contributed by atoms with Crippen molar-refractivity contribution in [3.05, 3.63) is 75.7 Å². The molecule has 0 amide bonds. The van der Waals surface area contributed by atoms with Gasteiger partial charge in [-0.2, -0.15) is 0 Å². The van der Waals surface area contributed by atoms with Gasteiger partial charge in [-0.3, -0.25) is 10.4 Å². The number of nitrogen functional groups attached to an aromatic ring is 1. The smallest absolute Gasteiger partial charge is 0.128 e. The summed E-state index contributed by atoms with van der Waals surface area (Å²) >= 11 is 12.5. The Kier molecular flexibility index (Phi) is 8.53. The number of ether oxygens (including phenoxy) is 1. The van der Waals surface area contributed by atoms with Crippen molar-refractivity contribution in [2.45, 2.75) is 39.7 Å². The first kappa shape index (κ1) is 24.8. The zero-order chi connectivity index (χ0) is 24.0. The van der Waals surface area contributed by atoms with Crippen molar-refractivity contribution < 1.29 is 4.74 Å². The molecule has 3 N–H and O–H groups in total. The molecular formula is C25H29Cl2N5O. The summed E-state index contributed by atoms with van der Waals surface area (Å²) in [7, 11) is 0. The number of nitrogens with two attached hydrogens (primary N) is 1. The number of aromatic nitrogens is 2. The number of pyridine rings is 2. The van der Waals surface area contributed by atoms with E-state index in [4.69, 9.17) is 39.1 Å². The number of hydrogen-bond donors (Lipinski definition) is 2. The van der Waals surface area contributed by atoms with Crippen molar-refractivity contribution in [1.82, 2.24) is 9.97 Å². The van der Waals surface area contributed by atoms with Crippen LogP contribution in [0.25, 0.3) is 0 Å². The van der Waals surface area contributed by atoms with E-state index in [1.54, 1.807) is 24.4 Å². The van der Waals surface area contributed by atoms with Crippen LogP contribution < -0.4 is 15.4 Å². The standard InChI is InChI=1S/C25H29Cl2N5O/c1-4-10-32(11-5-2)23-9-6-17(13-31-23)25(29)19-12-18(7-8-22(19)28)33-16(3)24-20(26)14-30-15-21(24)27/h6-9,12-16,29H,4-5,10-11,28H2,1-3H3/t16-/m1/s1. The fourth-order valence-electron chi connectivity index (χ4n) is 3.66. The maximum absolute atomic E-state index is 8.72. The first-order chi connectivity index (χ1) is 15.8. The third-order valence-electron chi connectivity index (χ3n) is 5.25. The summed E-state index contributed by atoms with van der Waals surface area (Å²) in [5, 5.41) is 9.59. The van der Waals surface area contributed by atoms with Crippen molar-refractivity contribution in [3.8, 4) is 5.75 Å². The van der Waals surface area contributed by atoms with Crippen LogP contribution in [0.5, 0.6) is 5.75 Å². The van der Waals surface area contributed by atoms with Gasteiger partial charge in [0.2, 0.25) is 0 Å². The third-order valence-corrected chi connectivity index (χ3v) is 5.85. The van der Waals surface area contributed by atoms with Crippen LogP contribution in [-0.4, -0.2) is 28.8 Å². The van der Waals surface area contributed by atoms with Crippen LogP contribution in [0.15, 0.2) is 48.9 Å². The van der Waals surface area contributed by atoms with Crippen LogP contribution in [0.2, 0.25) is 10.0 Å². The fourth-order valence-corrected chi connectivity index (χ4v) is 4.33. The highest BCUT2D eigenvalue weighted by atomic mass is 35.5. The number of anilines is 2.